The van der Waals surface area contributed by atoms with Gasteiger partial charge in [-0.1, -0.05) is 61.1 Å². The summed E-state index contributed by atoms with van der Waals surface area (Å²) in [6, 6.07) is 14.1. The predicted octanol–water partition coefficient (Wildman–Crippen LogP) is 5.43. The van der Waals surface area contributed by atoms with E-state index in [0.717, 1.165) is 35.4 Å². The van der Waals surface area contributed by atoms with Gasteiger partial charge in [-0.05, 0) is 49.8 Å². The Morgan fingerprint density at radius 1 is 1.14 bits per heavy atom. The molecule has 0 fully saturated rings. The maximum absolute atomic E-state index is 14.0. The molecule has 0 spiro atoms. The van der Waals surface area contributed by atoms with E-state index in [0.29, 0.717) is 28.0 Å². The van der Waals surface area contributed by atoms with Crippen molar-refractivity contribution in [3.8, 4) is 0 Å². The number of rotatable bonds is 8. The summed E-state index contributed by atoms with van der Waals surface area (Å²) in [5.74, 6) is -1.38. The normalized spacial score (nSPS) is 16.3. The molecule has 36 heavy (non-hydrogen) atoms. The Morgan fingerprint density at radius 2 is 1.83 bits per heavy atom. The van der Waals surface area contributed by atoms with Gasteiger partial charge in [0.25, 0.3) is 5.91 Å². The quantitative estimate of drug-likeness (QED) is 0.312. The Labute approximate surface area is 218 Å². The monoisotopic (exact) mass is 522 g/mol. The minimum Gasteiger partial charge on any atom is -0.503 e. The molecular weight excluding hydrogens is 496 g/mol. The number of para-hydroxylation sites is 2. The smallest absolute Gasteiger partial charge is 0.290 e. The van der Waals surface area contributed by atoms with Crippen LogP contribution in [0.3, 0.4) is 0 Å². The molecule has 0 saturated heterocycles. The Kier molecular flexibility index (Phi) is 6.59. The molecule has 2 aromatic carbocycles. The summed E-state index contributed by atoms with van der Waals surface area (Å²) in [5, 5.41) is 11.6. The van der Waals surface area contributed by atoms with Crippen molar-refractivity contribution >= 4 is 50.6 Å². The van der Waals surface area contributed by atoms with Crippen LogP contribution in [0.15, 0.2) is 59.9 Å². The van der Waals surface area contributed by atoms with E-state index in [9.17, 15) is 14.7 Å². The minimum absolute atomic E-state index is 0.0961. The number of carbonyl (C=O) groups is 2. The Balaban J connectivity index is 1.59. The second kappa shape index (κ2) is 9.69. The van der Waals surface area contributed by atoms with Crippen LogP contribution in [0.2, 0.25) is 5.02 Å². The summed E-state index contributed by atoms with van der Waals surface area (Å²) in [5.41, 5.74) is 3.32. The highest BCUT2D eigenvalue weighted by Crippen LogP contribution is 2.41. The average Bonchev–Trinajstić information content (AvgIpc) is 3.49. The maximum atomic E-state index is 14.0. The van der Waals surface area contributed by atoms with E-state index in [-0.39, 0.29) is 11.4 Å². The number of aliphatic hydroxyl groups excluding tert-OH is 1. The lowest BCUT2D eigenvalue weighted by molar-refractivity contribution is -0.129. The second-order valence-electron chi connectivity index (χ2n) is 8.81. The first-order chi connectivity index (χ1) is 17.3. The van der Waals surface area contributed by atoms with Crippen LogP contribution in [0.5, 0.6) is 0 Å². The van der Waals surface area contributed by atoms with Crippen molar-refractivity contribution in [1.29, 1.82) is 0 Å². The molecule has 1 atom stereocenters. The number of ketones is 1. The number of imidazole rings is 1. The van der Waals surface area contributed by atoms with Gasteiger partial charge in [0.2, 0.25) is 5.78 Å². The number of hydrogen-bond acceptors (Lipinski definition) is 6. The summed E-state index contributed by atoms with van der Waals surface area (Å²) in [6.45, 7) is 8.71. The number of thiazole rings is 1. The first-order valence-electron chi connectivity index (χ1n) is 12.0. The van der Waals surface area contributed by atoms with E-state index in [1.54, 1.807) is 29.2 Å². The van der Waals surface area contributed by atoms with Crippen LogP contribution in [0.4, 0.5) is 0 Å². The molecule has 0 bridgehead atoms. The predicted molar refractivity (Wildman–Crippen MR) is 143 cm³/mol. The molecule has 1 aliphatic heterocycles. The first-order valence-corrected chi connectivity index (χ1v) is 13.2. The van der Waals surface area contributed by atoms with Crippen LogP contribution in [0.25, 0.3) is 16.0 Å². The molecule has 0 aliphatic carbocycles. The Morgan fingerprint density at radius 3 is 2.53 bits per heavy atom. The third-order valence-electron chi connectivity index (χ3n) is 6.88. The van der Waals surface area contributed by atoms with Crippen molar-refractivity contribution in [3.05, 3.63) is 81.0 Å². The molecule has 7 nitrogen and oxygen atoms in total. The number of aryl methyl sites for hydroxylation is 1. The van der Waals surface area contributed by atoms with Gasteiger partial charge < -0.3 is 14.9 Å². The van der Waals surface area contributed by atoms with Crippen molar-refractivity contribution in [2.45, 2.75) is 26.8 Å². The van der Waals surface area contributed by atoms with Gasteiger partial charge in [0.05, 0.1) is 27.5 Å². The summed E-state index contributed by atoms with van der Waals surface area (Å²) in [7, 11) is 0. The molecular formula is C27H27ClN4O3S. The molecule has 186 valence electrons. The first kappa shape index (κ1) is 24.5. The molecule has 3 heterocycles. The van der Waals surface area contributed by atoms with Crippen molar-refractivity contribution in [3.63, 3.8) is 0 Å². The van der Waals surface area contributed by atoms with Gasteiger partial charge in [0.15, 0.2) is 10.7 Å². The highest BCUT2D eigenvalue weighted by molar-refractivity contribution is 7.19. The SMILES string of the molecule is CCN(CC)CCN1C(=O)C(O)=C(C(=O)c2sc3nc4ccccc4n3c2C)C1c1ccc(Cl)cc1. The lowest BCUT2D eigenvalue weighted by atomic mass is 9.95. The summed E-state index contributed by atoms with van der Waals surface area (Å²) in [4.78, 5) is 36.9. The number of Topliss-reactive ketones (excluding diaryl/α,β-unsaturated/α-hetero) is 1. The van der Waals surface area contributed by atoms with E-state index >= 15 is 0 Å². The lowest BCUT2D eigenvalue weighted by Crippen LogP contribution is -2.38. The number of likely N-dealkylation sites (N-methyl/N-ethyl adjacent to an activating group) is 1. The fourth-order valence-corrected chi connectivity index (χ4v) is 6.11. The molecule has 2 aromatic heterocycles. The topological polar surface area (TPSA) is 78.2 Å². The Hall–Kier alpha value is -3.20. The zero-order valence-corrected chi connectivity index (χ0v) is 21.9. The van der Waals surface area contributed by atoms with Gasteiger partial charge in [-0.2, -0.15) is 0 Å². The van der Waals surface area contributed by atoms with Crippen molar-refractivity contribution in [2.24, 2.45) is 0 Å². The fourth-order valence-electron chi connectivity index (χ4n) is 4.89. The largest absolute Gasteiger partial charge is 0.503 e. The van der Waals surface area contributed by atoms with Gasteiger partial charge in [0, 0.05) is 23.8 Å². The molecule has 5 rings (SSSR count). The molecule has 9 heteroatoms. The molecule has 1 aliphatic rings. The molecule has 1 N–H and O–H groups in total. The van der Waals surface area contributed by atoms with Crippen molar-refractivity contribution < 1.29 is 14.7 Å². The number of amides is 1. The number of fused-ring (bicyclic) bond motifs is 3. The number of halogens is 1. The van der Waals surface area contributed by atoms with Crippen LogP contribution in [-0.2, 0) is 4.79 Å². The van der Waals surface area contributed by atoms with Crippen LogP contribution < -0.4 is 0 Å². The summed E-state index contributed by atoms with van der Waals surface area (Å²) >= 11 is 7.40. The molecule has 1 unspecified atom stereocenters. The molecule has 4 aromatic rings. The number of aliphatic hydroxyl groups is 1. The molecule has 0 saturated carbocycles. The van der Waals surface area contributed by atoms with Gasteiger partial charge in [-0.3, -0.25) is 14.0 Å². The lowest BCUT2D eigenvalue weighted by Gasteiger charge is -2.29. The average molecular weight is 523 g/mol. The third kappa shape index (κ3) is 3.99. The van der Waals surface area contributed by atoms with E-state index in [1.807, 2.05) is 35.6 Å². The zero-order chi connectivity index (χ0) is 25.6. The third-order valence-corrected chi connectivity index (χ3v) is 8.27. The van der Waals surface area contributed by atoms with Crippen LogP contribution in [0, 0.1) is 6.92 Å². The van der Waals surface area contributed by atoms with Gasteiger partial charge in [-0.15, -0.1) is 0 Å². The van der Waals surface area contributed by atoms with E-state index < -0.39 is 17.7 Å². The number of carbonyl (C=O) groups excluding carboxylic acids is 2. The Bertz CT molecular complexity index is 1500. The van der Waals surface area contributed by atoms with E-state index in [4.69, 9.17) is 11.6 Å². The summed E-state index contributed by atoms with van der Waals surface area (Å²) in [6.07, 6.45) is 0. The number of nitrogens with zero attached hydrogens (tertiary/aromatic N) is 4. The standard InChI is InChI=1S/C27H27ClN4O3S/c1-4-30(5-2)14-15-31-22(17-10-12-18(28)13-11-17)21(24(34)26(31)35)23(33)25-16(3)32-20-9-7-6-8-19(20)29-27(32)36-25/h6-13,22,34H,4-5,14-15H2,1-3H3. The van der Waals surface area contributed by atoms with E-state index in [2.05, 4.69) is 23.7 Å². The highest BCUT2D eigenvalue weighted by Gasteiger charge is 2.44. The maximum Gasteiger partial charge on any atom is 0.290 e. The number of aromatic nitrogens is 2. The van der Waals surface area contributed by atoms with Gasteiger partial charge in [0.1, 0.15) is 0 Å². The summed E-state index contributed by atoms with van der Waals surface area (Å²) < 4.78 is 1.96. The second-order valence-corrected chi connectivity index (χ2v) is 10.2. The van der Waals surface area contributed by atoms with Crippen LogP contribution in [0.1, 0.15) is 40.8 Å². The van der Waals surface area contributed by atoms with Gasteiger partial charge in [-0.25, -0.2) is 4.98 Å². The fraction of sp³-hybridized carbons (Fsp3) is 0.296. The molecule has 0 radical (unpaired) electrons. The number of benzene rings is 2. The highest BCUT2D eigenvalue weighted by atomic mass is 35.5. The zero-order valence-electron chi connectivity index (χ0n) is 20.4. The molecule has 1 amide bonds. The van der Waals surface area contributed by atoms with E-state index in [1.165, 1.54) is 11.3 Å². The van der Waals surface area contributed by atoms with Crippen molar-refractivity contribution in [2.75, 3.05) is 26.2 Å². The minimum atomic E-state index is -0.705. The van der Waals surface area contributed by atoms with Gasteiger partial charge >= 0.3 is 0 Å². The number of hydrogen-bond donors (Lipinski definition) is 1. The van der Waals surface area contributed by atoms with Crippen LogP contribution in [-0.4, -0.2) is 62.2 Å². The van der Waals surface area contributed by atoms with Crippen molar-refractivity contribution in [1.82, 2.24) is 19.2 Å². The van der Waals surface area contributed by atoms with Crippen LogP contribution >= 0.6 is 22.9 Å².